The van der Waals surface area contributed by atoms with Gasteiger partial charge in [-0.25, -0.2) is 0 Å². The Kier molecular flexibility index (Phi) is 5.52. The number of fused-ring (bicyclic) bond motifs is 1. The molecule has 0 atom stereocenters. The van der Waals surface area contributed by atoms with E-state index in [1.54, 1.807) is 37.3 Å². The molecule has 6 heteroatoms. The van der Waals surface area contributed by atoms with Gasteiger partial charge in [-0.3, -0.25) is 14.4 Å². The lowest BCUT2D eigenvalue weighted by Gasteiger charge is -2.11. The van der Waals surface area contributed by atoms with Gasteiger partial charge in [0, 0.05) is 19.4 Å². The fourth-order valence-corrected chi connectivity index (χ4v) is 2.29. The molecule has 0 aliphatic rings. The van der Waals surface area contributed by atoms with Gasteiger partial charge in [-0.1, -0.05) is 6.07 Å². The normalized spacial score (nSPS) is 10.3. The van der Waals surface area contributed by atoms with E-state index in [-0.39, 0.29) is 13.0 Å². The molecule has 0 aliphatic carbocycles. The van der Waals surface area contributed by atoms with E-state index in [1.807, 2.05) is 0 Å². The summed E-state index contributed by atoms with van der Waals surface area (Å²) in [5.74, 6) is -0.601. The smallest absolute Gasteiger partial charge is 0.310 e. The molecule has 2 rings (SSSR count). The summed E-state index contributed by atoms with van der Waals surface area (Å²) in [7, 11) is 0. The van der Waals surface area contributed by atoms with Gasteiger partial charge in [-0.05, 0) is 42.0 Å². The fraction of sp³-hybridized carbons (Fsp3) is 0.278. The van der Waals surface area contributed by atoms with Gasteiger partial charge in [0.25, 0.3) is 0 Å². The predicted molar refractivity (Wildman–Crippen MR) is 86.9 cm³/mol. The molecule has 0 saturated heterocycles. The first-order valence-corrected chi connectivity index (χ1v) is 7.48. The van der Waals surface area contributed by atoms with Crippen molar-refractivity contribution < 1.29 is 28.6 Å². The first-order chi connectivity index (χ1) is 11.4. The Morgan fingerprint density at radius 1 is 0.917 bits per heavy atom. The quantitative estimate of drug-likeness (QED) is 0.619. The fourth-order valence-electron chi connectivity index (χ4n) is 2.29. The second-order valence-corrected chi connectivity index (χ2v) is 5.14. The van der Waals surface area contributed by atoms with Crippen molar-refractivity contribution in [3.8, 4) is 11.5 Å². The third kappa shape index (κ3) is 4.55. The summed E-state index contributed by atoms with van der Waals surface area (Å²) >= 11 is 0. The molecular weight excluding hydrogens is 312 g/mol. The maximum atomic E-state index is 11.8. The third-order valence-corrected chi connectivity index (χ3v) is 3.15. The van der Waals surface area contributed by atoms with Crippen LogP contribution in [0.25, 0.3) is 10.8 Å². The van der Waals surface area contributed by atoms with E-state index in [0.29, 0.717) is 17.1 Å². The van der Waals surface area contributed by atoms with Crippen molar-refractivity contribution in [3.63, 3.8) is 0 Å². The van der Waals surface area contributed by atoms with Crippen LogP contribution in [-0.2, 0) is 25.5 Å². The van der Waals surface area contributed by atoms with Gasteiger partial charge >= 0.3 is 17.9 Å². The topological polar surface area (TPSA) is 78.9 Å². The molecule has 0 heterocycles. The van der Waals surface area contributed by atoms with Crippen LogP contribution < -0.4 is 9.47 Å². The van der Waals surface area contributed by atoms with Gasteiger partial charge in [0.15, 0.2) is 0 Å². The molecule has 2 aromatic carbocycles. The maximum absolute atomic E-state index is 11.8. The minimum atomic E-state index is -0.476. The van der Waals surface area contributed by atoms with Crippen molar-refractivity contribution in [2.75, 3.05) is 6.61 Å². The van der Waals surface area contributed by atoms with Gasteiger partial charge in [-0.15, -0.1) is 0 Å². The standard InChI is InChI=1S/C18H18O6/c1-4-22-18(21)10-15-7-14-8-16(23-11(2)19)6-5-13(14)9-17(15)24-12(3)20/h5-9H,4,10H2,1-3H3. The summed E-state index contributed by atoms with van der Waals surface area (Å²) in [4.78, 5) is 34.1. The van der Waals surface area contributed by atoms with E-state index in [0.717, 1.165) is 10.8 Å². The van der Waals surface area contributed by atoms with E-state index in [4.69, 9.17) is 14.2 Å². The first kappa shape index (κ1) is 17.5. The van der Waals surface area contributed by atoms with Crippen LogP contribution >= 0.6 is 0 Å². The van der Waals surface area contributed by atoms with Crippen molar-refractivity contribution in [2.24, 2.45) is 0 Å². The number of hydrogen-bond acceptors (Lipinski definition) is 6. The summed E-state index contributed by atoms with van der Waals surface area (Å²) in [6, 6.07) is 8.46. The molecule has 0 aliphatic heterocycles. The van der Waals surface area contributed by atoms with Crippen LogP contribution in [0.5, 0.6) is 11.5 Å². The maximum Gasteiger partial charge on any atom is 0.310 e. The Morgan fingerprint density at radius 2 is 1.62 bits per heavy atom. The Morgan fingerprint density at radius 3 is 2.25 bits per heavy atom. The summed E-state index contributed by atoms with van der Waals surface area (Å²) in [6.07, 6.45) is -0.0236. The molecule has 0 radical (unpaired) electrons. The van der Waals surface area contributed by atoms with Crippen LogP contribution in [-0.4, -0.2) is 24.5 Å². The Hall–Kier alpha value is -2.89. The largest absolute Gasteiger partial charge is 0.466 e. The summed E-state index contributed by atoms with van der Waals surface area (Å²) in [5, 5.41) is 1.54. The van der Waals surface area contributed by atoms with Crippen LogP contribution in [0, 0.1) is 0 Å². The molecule has 0 unspecified atom stereocenters. The highest BCUT2D eigenvalue weighted by Crippen LogP contribution is 2.29. The number of ether oxygens (including phenoxy) is 3. The third-order valence-electron chi connectivity index (χ3n) is 3.15. The van der Waals surface area contributed by atoms with Crippen molar-refractivity contribution >= 4 is 28.7 Å². The van der Waals surface area contributed by atoms with E-state index in [1.165, 1.54) is 13.8 Å². The van der Waals surface area contributed by atoms with Crippen LogP contribution in [0.1, 0.15) is 26.3 Å². The van der Waals surface area contributed by atoms with Crippen molar-refractivity contribution in [1.82, 2.24) is 0 Å². The Balaban J connectivity index is 2.46. The second-order valence-electron chi connectivity index (χ2n) is 5.14. The number of esters is 3. The van der Waals surface area contributed by atoms with Crippen LogP contribution in [0.2, 0.25) is 0 Å². The second kappa shape index (κ2) is 7.59. The number of carbonyl (C=O) groups excluding carboxylic acids is 3. The SMILES string of the molecule is CCOC(=O)Cc1cc2cc(OC(C)=O)ccc2cc1OC(C)=O. The van der Waals surface area contributed by atoms with Gasteiger partial charge in [-0.2, -0.15) is 0 Å². The zero-order chi connectivity index (χ0) is 17.7. The van der Waals surface area contributed by atoms with E-state index in [2.05, 4.69) is 0 Å². The summed E-state index contributed by atoms with van der Waals surface area (Å²) in [6.45, 7) is 4.60. The molecule has 2 aromatic rings. The average Bonchev–Trinajstić information content (AvgIpc) is 2.47. The lowest BCUT2D eigenvalue weighted by atomic mass is 10.0. The lowest BCUT2D eigenvalue weighted by molar-refractivity contribution is -0.142. The molecule has 0 aromatic heterocycles. The molecule has 24 heavy (non-hydrogen) atoms. The minimum Gasteiger partial charge on any atom is -0.466 e. The van der Waals surface area contributed by atoms with Gasteiger partial charge in [0.05, 0.1) is 13.0 Å². The summed E-state index contributed by atoms with van der Waals surface area (Å²) in [5.41, 5.74) is 0.524. The van der Waals surface area contributed by atoms with Gasteiger partial charge in [0.1, 0.15) is 11.5 Å². The molecule has 6 nitrogen and oxygen atoms in total. The number of carbonyl (C=O) groups is 3. The van der Waals surface area contributed by atoms with Crippen molar-refractivity contribution in [1.29, 1.82) is 0 Å². The number of benzene rings is 2. The molecule has 0 bridgehead atoms. The highest BCUT2D eigenvalue weighted by molar-refractivity contribution is 5.89. The average molecular weight is 330 g/mol. The lowest BCUT2D eigenvalue weighted by Crippen LogP contribution is -2.10. The molecular formula is C18H18O6. The molecule has 0 amide bonds. The Bertz CT molecular complexity index is 793. The monoisotopic (exact) mass is 330 g/mol. The van der Waals surface area contributed by atoms with E-state index < -0.39 is 17.9 Å². The van der Waals surface area contributed by atoms with E-state index >= 15 is 0 Å². The van der Waals surface area contributed by atoms with Crippen molar-refractivity contribution in [3.05, 3.63) is 35.9 Å². The highest BCUT2D eigenvalue weighted by Gasteiger charge is 2.14. The van der Waals surface area contributed by atoms with E-state index in [9.17, 15) is 14.4 Å². The molecule has 0 N–H and O–H groups in total. The number of rotatable bonds is 5. The molecule has 0 spiro atoms. The minimum absolute atomic E-state index is 0.0236. The first-order valence-electron chi connectivity index (χ1n) is 7.48. The molecule has 0 saturated carbocycles. The van der Waals surface area contributed by atoms with Crippen LogP contribution in [0.3, 0.4) is 0 Å². The van der Waals surface area contributed by atoms with Crippen LogP contribution in [0.4, 0.5) is 0 Å². The van der Waals surface area contributed by atoms with Crippen molar-refractivity contribution in [2.45, 2.75) is 27.2 Å². The zero-order valence-corrected chi connectivity index (χ0v) is 13.8. The summed E-state index contributed by atoms with van der Waals surface area (Å²) < 4.78 is 15.2. The van der Waals surface area contributed by atoms with Gasteiger partial charge in [0.2, 0.25) is 0 Å². The molecule has 0 fully saturated rings. The molecule has 126 valence electrons. The number of hydrogen-bond donors (Lipinski definition) is 0. The highest BCUT2D eigenvalue weighted by atomic mass is 16.5. The van der Waals surface area contributed by atoms with Gasteiger partial charge < -0.3 is 14.2 Å². The zero-order valence-electron chi connectivity index (χ0n) is 13.8. The predicted octanol–water partition coefficient (Wildman–Crippen LogP) is 2.80. The van der Waals surface area contributed by atoms with Crippen LogP contribution in [0.15, 0.2) is 30.3 Å². The Labute approximate surface area is 139 Å².